The van der Waals surface area contributed by atoms with Gasteiger partial charge < -0.3 is 10.6 Å². The average molecular weight is 357 g/mol. The Bertz CT molecular complexity index is 442. The minimum absolute atomic E-state index is 0.263. The van der Waals surface area contributed by atoms with Crippen molar-refractivity contribution in [3.63, 3.8) is 0 Å². The van der Waals surface area contributed by atoms with Crippen LogP contribution in [-0.2, 0) is 6.42 Å². The maximum absolute atomic E-state index is 6.04. The van der Waals surface area contributed by atoms with E-state index in [4.69, 9.17) is 5.73 Å². The summed E-state index contributed by atoms with van der Waals surface area (Å²) in [5.74, 6) is 0. The molecule has 1 aliphatic heterocycles. The van der Waals surface area contributed by atoms with Crippen LogP contribution >= 0.6 is 27.7 Å². The van der Waals surface area contributed by atoms with E-state index >= 15 is 0 Å². The smallest absolute Gasteiger partial charge is 0.0511 e. The molecule has 4 heteroatoms. The van der Waals surface area contributed by atoms with Crippen LogP contribution in [0.3, 0.4) is 0 Å². The van der Waals surface area contributed by atoms with Crippen molar-refractivity contribution in [1.29, 1.82) is 0 Å². The van der Waals surface area contributed by atoms with Crippen molar-refractivity contribution in [2.75, 3.05) is 18.0 Å². The molecule has 1 fully saturated rings. The molecule has 0 bridgehead atoms. The van der Waals surface area contributed by atoms with Crippen molar-refractivity contribution < 1.29 is 0 Å². The maximum atomic E-state index is 6.04. The Balaban J connectivity index is 2.13. The number of nitrogens with zero attached hydrogens (tertiary/aromatic N) is 1. The van der Waals surface area contributed by atoms with E-state index < -0.39 is 0 Å². The summed E-state index contributed by atoms with van der Waals surface area (Å²) in [7, 11) is 0. The largest absolute Gasteiger partial charge is 0.368 e. The molecule has 1 heterocycles. The van der Waals surface area contributed by atoms with Gasteiger partial charge in [0.05, 0.1) is 5.69 Å². The fourth-order valence-corrected chi connectivity index (χ4v) is 4.76. The van der Waals surface area contributed by atoms with Gasteiger partial charge in [-0.25, -0.2) is 0 Å². The van der Waals surface area contributed by atoms with Crippen LogP contribution in [0.15, 0.2) is 22.7 Å². The summed E-state index contributed by atoms with van der Waals surface area (Å²) >= 11 is 5.83. The molecule has 2 rings (SSSR count). The molecule has 1 aromatic rings. The summed E-state index contributed by atoms with van der Waals surface area (Å²) in [6, 6.07) is 6.98. The lowest BCUT2D eigenvalue weighted by atomic mass is 10.0. The Morgan fingerprint density at radius 1 is 1.35 bits per heavy atom. The molecule has 1 saturated heterocycles. The molecule has 1 aromatic carbocycles. The van der Waals surface area contributed by atoms with Gasteiger partial charge in [0.25, 0.3) is 0 Å². The Morgan fingerprint density at radius 2 is 2.00 bits per heavy atom. The van der Waals surface area contributed by atoms with Gasteiger partial charge in [-0.2, -0.15) is 11.8 Å². The van der Waals surface area contributed by atoms with Gasteiger partial charge in [0.1, 0.15) is 0 Å². The summed E-state index contributed by atoms with van der Waals surface area (Å²) in [5, 5.41) is 1.39. The van der Waals surface area contributed by atoms with E-state index in [0.29, 0.717) is 10.5 Å². The standard InChI is InChI=1S/C16H25BrN2S/c1-4-14(18)7-13-5-6-16(15(17)8-13)19-9-11(2)20-12(3)10-19/h5-6,8,11-12,14H,4,7,9-10,18H2,1-3H3. The zero-order valence-corrected chi connectivity index (χ0v) is 15.0. The van der Waals surface area contributed by atoms with E-state index in [9.17, 15) is 0 Å². The molecular formula is C16H25BrN2S. The zero-order chi connectivity index (χ0) is 14.7. The molecule has 2 N–H and O–H groups in total. The minimum atomic E-state index is 0.263. The maximum Gasteiger partial charge on any atom is 0.0511 e. The first-order chi connectivity index (χ1) is 9.49. The highest BCUT2D eigenvalue weighted by atomic mass is 79.9. The third-order valence-corrected chi connectivity index (χ3v) is 5.66. The summed E-state index contributed by atoms with van der Waals surface area (Å²) in [5.41, 5.74) is 8.68. The summed E-state index contributed by atoms with van der Waals surface area (Å²) < 4.78 is 1.20. The minimum Gasteiger partial charge on any atom is -0.368 e. The highest BCUT2D eigenvalue weighted by Gasteiger charge is 2.23. The first-order valence-electron chi connectivity index (χ1n) is 7.44. The number of anilines is 1. The molecule has 3 atom stereocenters. The molecule has 20 heavy (non-hydrogen) atoms. The fourth-order valence-electron chi connectivity index (χ4n) is 2.76. The third-order valence-electron chi connectivity index (χ3n) is 3.79. The third kappa shape index (κ3) is 4.15. The molecule has 1 aliphatic rings. The average Bonchev–Trinajstić information content (AvgIpc) is 2.37. The van der Waals surface area contributed by atoms with Crippen molar-refractivity contribution in [1.82, 2.24) is 0 Å². The first-order valence-corrected chi connectivity index (χ1v) is 9.17. The highest BCUT2D eigenvalue weighted by molar-refractivity contribution is 9.10. The number of hydrogen-bond acceptors (Lipinski definition) is 3. The van der Waals surface area contributed by atoms with Gasteiger partial charge in [-0.15, -0.1) is 0 Å². The van der Waals surface area contributed by atoms with E-state index in [1.54, 1.807) is 0 Å². The van der Waals surface area contributed by atoms with Crippen LogP contribution < -0.4 is 10.6 Å². The Labute approximate surface area is 135 Å². The van der Waals surface area contributed by atoms with Crippen molar-refractivity contribution in [3.8, 4) is 0 Å². The Hall–Kier alpha value is -0.190. The molecule has 0 spiro atoms. The molecule has 0 saturated carbocycles. The van der Waals surface area contributed by atoms with E-state index in [0.717, 1.165) is 25.9 Å². The predicted molar refractivity (Wildman–Crippen MR) is 94.8 cm³/mol. The summed E-state index contributed by atoms with van der Waals surface area (Å²) in [4.78, 5) is 2.50. The SMILES string of the molecule is CCC(N)Cc1ccc(N2CC(C)SC(C)C2)c(Br)c1. The number of rotatable bonds is 4. The van der Waals surface area contributed by atoms with Gasteiger partial charge in [-0.1, -0.05) is 26.8 Å². The van der Waals surface area contributed by atoms with Crippen molar-refractivity contribution in [3.05, 3.63) is 28.2 Å². The monoisotopic (exact) mass is 356 g/mol. The van der Waals surface area contributed by atoms with Gasteiger partial charge in [0, 0.05) is 34.1 Å². The van der Waals surface area contributed by atoms with Crippen molar-refractivity contribution in [2.24, 2.45) is 5.73 Å². The molecule has 2 nitrogen and oxygen atoms in total. The molecule has 0 aliphatic carbocycles. The van der Waals surface area contributed by atoms with Crippen molar-refractivity contribution >= 4 is 33.4 Å². The lowest BCUT2D eigenvalue weighted by Crippen LogP contribution is -2.40. The quantitative estimate of drug-likeness (QED) is 0.881. The summed E-state index contributed by atoms with van der Waals surface area (Å²) in [6.07, 6.45) is 1.98. The molecule has 112 valence electrons. The van der Waals surface area contributed by atoms with E-state index in [1.807, 2.05) is 0 Å². The van der Waals surface area contributed by atoms with Gasteiger partial charge >= 0.3 is 0 Å². The second-order valence-corrected chi connectivity index (χ2v) is 8.56. The van der Waals surface area contributed by atoms with Crippen LogP contribution in [0.4, 0.5) is 5.69 Å². The van der Waals surface area contributed by atoms with Gasteiger partial charge in [-0.3, -0.25) is 0 Å². The number of thioether (sulfide) groups is 1. The first kappa shape index (κ1) is 16.2. The molecular weight excluding hydrogens is 332 g/mol. The second kappa shape index (κ2) is 7.19. The number of hydrogen-bond donors (Lipinski definition) is 1. The van der Waals surface area contributed by atoms with Crippen LogP contribution in [-0.4, -0.2) is 29.6 Å². The summed E-state index contributed by atoms with van der Waals surface area (Å²) in [6.45, 7) is 9.02. The highest BCUT2D eigenvalue weighted by Crippen LogP contribution is 2.33. The van der Waals surface area contributed by atoms with E-state index in [2.05, 4.69) is 71.6 Å². The molecule has 0 aromatic heterocycles. The number of halogens is 1. The lowest BCUT2D eigenvalue weighted by Gasteiger charge is -2.36. The van der Waals surface area contributed by atoms with Gasteiger partial charge in [-0.05, 0) is 46.5 Å². The van der Waals surface area contributed by atoms with Crippen LogP contribution in [0.25, 0.3) is 0 Å². The van der Waals surface area contributed by atoms with Gasteiger partial charge in [0.2, 0.25) is 0 Å². The number of benzene rings is 1. The predicted octanol–water partition coefficient (Wildman–Crippen LogP) is 4.06. The Kier molecular flexibility index (Phi) is 5.82. The fraction of sp³-hybridized carbons (Fsp3) is 0.625. The Morgan fingerprint density at radius 3 is 2.55 bits per heavy atom. The van der Waals surface area contributed by atoms with Crippen molar-refractivity contribution in [2.45, 2.75) is 50.2 Å². The normalized spacial score (nSPS) is 24.8. The number of nitrogens with two attached hydrogens (primary N) is 1. The second-order valence-electron chi connectivity index (χ2n) is 5.82. The van der Waals surface area contributed by atoms with Crippen LogP contribution in [0, 0.1) is 0 Å². The van der Waals surface area contributed by atoms with E-state index in [-0.39, 0.29) is 6.04 Å². The zero-order valence-electron chi connectivity index (χ0n) is 12.6. The molecule has 0 amide bonds. The van der Waals surface area contributed by atoms with Gasteiger partial charge in [0.15, 0.2) is 0 Å². The lowest BCUT2D eigenvalue weighted by molar-refractivity contribution is 0.646. The van der Waals surface area contributed by atoms with Crippen LogP contribution in [0.1, 0.15) is 32.8 Å². The van der Waals surface area contributed by atoms with Crippen LogP contribution in [0.2, 0.25) is 0 Å². The van der Waals surface area contributed by atoms with E-state index in [1.165, 1.54) is 15.7 Å². The molecule has 3 unspecified atom stereocenters. The topological polar surface area (TPSA) is 29.3 Å². The van der Waals surface area contributed by atoms with Crippen LogP contribution in [0.5, 0.6) is 0 Å². The molecule has 0 radical (unpaired) electrons.